The van der Waals surface area contributed by atoms with Crippen LogP contribution in [-0.2, 0) is 4.74 Å². The van der Waals surface area contributed by atoms with Gasteiger partial charge in [0.1, 0.15) is 0 Å². The standard InChI is InChI=1S/C13H19N3O3/c1-9(8-19-2)7-15-13(17)11-5-3-4-10(6-11)12(14)16-18/h3-6,9,18H,7-8H2,1-2H3,(H2,14,16)(H,15,17). The molecule has 4 N–H and O–H groups in total. The lowest BCUT2D eigenvalue weighted by Gasteiger charge is -2.11. The summed E-state index contributed by atoms with van der Waals surface area (Å²) in [6.45, 7) is 3.10. The van der Waals surface area contributed by atoms with Gasteiger partial charge in [0.25, 0.3) is 5.91 Å². The van der Waals surface area contributed by atoms with Crippen LogP contribution in [0.25, 0.3) is 0 Å². The van der Waals surface area contributed by atoms with Crippen LogP contribution in [0.4, 0.5) is 0 Å². The van der Waals surface area contributed by atoms with Crippen molar-refractivity contribution >= 4 is 11.7 Å². The molecule has 0 heterocycles. The van der Waals surface area contributed by atoms with Crippen molar-refractivity contribution in [2.24, 2.45) is 16.8 Å². The smallest absolute Gasteiger partial charge is 0.251 e. The van der Waals surface area contributed by atoms with Gasteiger partial charge in [-0.15, -0.1) is 0 Å². The first-order chi connectivity index (χ1) is 9.08. The molecule has 6 nitrogen and oxygen atoms in total. The number of nitrogens with one attached hydrogen (secondary N) is 1. The average molecular weight is 265 g/mol. The van der Waals surface area contributed by atoms with Crippen LogP contribution in [-0.4, -0.2) is 37.2 Å². The summed E-state index contributed by atoms with van der Waals surface area (Å²) >= 11 is 0. The van der Waals surface area contributed by atoms with E-state index in [1.807, 2.05) is 6.92 Å². The Kier molecular flexibility index (Phi) is 5.81. The molecule has 0 fully saturated rings. The number of methoxy groups -OCH3 is 1. The molecule has 1 aromatic rings. The van der Waals surface area contributed by atoms with E-state index in [1.165, 1.54) is 0 Å². The van der Waals surface area contributed by atoms with Crippen molar-refractivity contribution in [1.82, 2.24) is 5.32 Å². The number of nitrogens with zero attached hydrogens (tertiary/aromatic N) is 1. The van der Waals surface area contributed by atoms with Gasteiger partial charge < -0.3 is 21.0 Å². The quantitative estimate of drug-likeness (QED) is 0.306. The SMILES string of the molecule is COCC(C)CNC(=O)c1cccc(C(N)=NO)c1. The molecule has 0 aliphatic heterocycles. The Morgan fingerprint density at radius 1 is 1.53 bits per heavy atom. The number of benzene rings is 1. The first-order valence-corrected chi connectivity index (χ1v) is 5.93. The topological polar surface area (TPSA) is 96.9 Å². The lowest BCUT2D eigenvalue weighted by atomic mass is 10.1. The zero-order chi connectivity index (χ0) is 14.3. The second-order valence-electron chi connectivity index (χ2n) is 4.34. The van der Waals surface area contributed by atoms with Crippen molar-refractivity contribution in [1.29, 1.82) is 0 Å². The molecule has 0 saturated carbocycles. The third kappa shape index (κ3) is 4.59. The number of hydrogen-bond donors (Lipinski definition) is 3. The Morgan fingerprint density at radius 2 is 2.21 bits per heavy atom. The normalized spacial score (nSPS) is 13.1. The fourth-order valence-electron chi connectivity index (χ4n) is 1.59. The fraction of sp³-hybridized carbons (Fsp3) is 0.385. The van der Waals surface area contributed by atoms with Gasteiger partial charge >= 0.3 is 0 Å². The van der Waals surface area contributed by atoms with Crippen molar-refractivity contribution in [3.05, 3.63) is 35.4 Å². The predicted octanol–water partition coefficient (Wildman–Crippen LogP) is 0.793. The van der Waals surface area contributed by atoms with Crippen molar-refractivity contribution in [3.8, 4) is 0 Å². The van der Waals surface area contributed by atoms with E-state index in [1.54, 1.807) is 31.4 Å². The molecule has 0 spiro atoms. The molecule has 0 radical (unpaired) electrons. The second-order valence-corrected chi connectivity index (χ2v) is 4.34. The van der Waals surface area contributed by atoms with Gasteiger partial charge in [-0.05, 0) is 18.1 Å². The Hall–Kier alpha value is -2.08. The zero-order valence-electron chi connectivity index (χ0n) is 11.1. The molecule has 0 aliphatic carbocycles. The number of carbonyl (C=O) groups excluding carboxylic acids is 1. The maximum absolute atomic E-state index is 11.9. The van der Waals surface area contributed by atoms with E-state index in [2.05, 4.69) is 10.5 Å². The first kappa shape index (κ1) is 15.0. The van der Waals surface area contributed by atoms with E-state index in [9.17, 15) is 4.79 Å². The summed E-state index contributed by atoms with van der Waals surface area (Å²) in [5.41, 5.74) is 6.44. The van der Waals surface area contributed by atoms with E-state index < -0.39 is 0 Å². The first-order valence-electron chi connectivity index (χ1n) is 5.93. The Morgan fingerprint density at radius 3 is 2.84 bits per heavy atom. The molecule has 1 amide bonds. The van der Waals surface area contributed by atoms with Crippen molar-refractivity contribution < 1.29 is 14.7 Å². The second kappa shape index (κ2) is 7.38. The summed E-state index contributed by atoms with van der Waals surface area (Å²) in [6.07, 6.45) is 0. The number of ether oxygens (including phenoxy) is 1. The number of amidine groups is 1. The highest BCUT2D eigenvalue weighted by molar-refractivity contribution is 6.01. The minimum Gasteiger partial charge on any atom is -0.409 e. The third-order valence-corrected chi connectivity index (χ3v) is 2.59. The number of rotatable bonds is 6. The highest BCUT2D eigenvalue weighted by Crippen LogP contribution is 2.05. The summed E-state index contributed by atoms with van der Waals surface area (Å²) in [7, 11) is 1.62. The molecule has 1 atom stereocenters. The van der Waals surface area contributed by atoms with E-state index in [4.69, 9.17) is 15.7 Å². The van der Waals surface area contributed by atoms with Gasteiger partial charge in [0.2, 0.25) is 0 Å². The van der Waals surface area contributed by atoms with Crippen LogP contribution in [0.5, 0.6) is 0 Å². The fourth-order valence-corrected chi connectivity index (χ4v) is 1.59. The Bertz CT molecular complexity index is 460. The zero-order valence-corrected chi connectivity index (χ0v) is 11.1. The number of oxime groups is 1. The molecule has 1 unspecified atom stereocenters. The lowest BCUT2D eigenvalue weighted by molar-refractivity contribution is 0.0934. The van der Waals surface area contributed by atoms with Gasteiger partial charge in [0.15, 0.2) is 5.84 Å². The van der Waals surface area contributed by atoms with Gasteiger partial charge in [-0.2, -0.15) is 0 Å². The van der Waals surface area contributed by atoms with Crippen LogP contribution in [0.3, 0.4) is 0 Å². The summed E-state index contributed by atoms with van der Waals surface area (Å²) in [4.78, 5) is 11.9. The number of hydrogen-bond acceptors (Lipinski definition) is 4. The van der Waals surface area contributed by atoms with E-state index in [0.29, 0.717) is 24.3 Å². The molecular weight excluding hydrogens is 246 g/mol. The maximum Gasteiger partial charge on any atom is 0.251 e. The van der Waals surface area contributed by atoms with E-state index in [-0.39, 0.29) is 17.7 Å². The summed E-state index contributed by atoms with van der Waals surface area (Å²) < 4.78 is 5.00. The molecule has 1 aromatic carbocycles. The largest absolute Gasteiger partial charge is 0.409 e. The van der Waals surface area contributed by atoms with Crippen LogP contribution >= 0.6 is 0 Å². The number of nitrogens with two attached hydrogens (primary N) is 1. The third-order valence-electron chi connectivity index (χ3n) is 2.59. The van der Waals surface area contributed by atoms with Gasteiger partial charge in [-0.1, -0.05) is 24.2 Å². The lowest BCUT2D eigenvalue weighted by Crippen LogP contribution is -2.30. The maximum atomic E-state index is 11.9. The van der Waals surface area contributed by atoms with E-state index >= 15 is 0 Å². The molecule has 0 aliphatic rings. The molecule has 0 saturated heterocycles. The minimum absolute atomic E-state index is 0.0256. The van der Waals surface area contributed by atoms with Gasteiger partial charge in [-0.3, -0.25) is 4.79 Å². The minimum atomic E-state index is -0.199. The predicted molar refractivity (Wildman–Crippen MR) is 72.3 cm³/mol. The Labute approximate surface area is 112 Å². The number of amides is 1. The molecule has 19 heavy (non-hydrogen) atoms. The van der Waals surface area contributed by atoms with Crippen LogP contribution in [0.15, 0.2) is 29.4 Å². The monoisotopic (exact) mass is 265 g/mol. The Balaban J connectivity index is 2.67. The van der Waals surface area contributed by atoms with Crippen LogP contribution < -0.4 is 11.1 Å². The van der Waals surface area contributed by atoms with Crippen LogP contribution in [0.2, 0.25) is 0 Å². The van der Waals surface area contributed by atoms with Gasteiger partial charge in [-0.25, -0.2) is 0 Å². The molecule has 0 bridgehead atoms. The summed E-state index contributed by atoms with van der Waals surface area (Å²) in [6, 6.07) is 6.59. The van der Waals surface area contributed by atoms with Crippen LogP contribution in [0.1, 0.15) is 22.8 Å². The molecular formula is C13H19N3O3. The van der Waals surface area contributed by atoms with Crippen LogP contribution in [0, 0.1) is 5.92 Å². The molecule has 6 heteroatoms. The molecule has 1 rings (SSSR count). The molecule has 0 aromatic heterocycles. The number of carbonyl (C=O) groups is 1. The average Bonchev–Trinajstić information content (AvgIpc) is 2.44. The van der Waals surface area contributed by atoms with Gasteiger partial charge in [0.05, 0.1) is 6.61 Å². The van der Waals surface area contributed by atoms with Crippen molar-refractivity contribution in [2.45, 2.75) is 6.92 Å². The highest BCUT2D eigenvalue weighted by Gasteiger charge is 2.09. The summed E-state index contributed by atoms with van der Waals surface area (Å²) in [5, 5.41) is 14.3. The van der Waals surface area contributed by atoms with E-state index in [0.717, 1.165) is 0 Å². The van der Waals surface area contributed by atoms with Crippen molar-refractivity contribution in [2.75, 3.05) is 20.3 Å². The molecule has 104 valence electrons. The summed E-state index contributed by atoms with van der Waals surface area (Å²) in [5.74, 6) is 0.0131. The van der Waals surface area contributed by atoms with Gasteiger partial charge in [0, 0.05) is 24.8 Å². The van der Waals surface area contributed by atoms with Crippen molar-refractivity contribution in [3.63, 3.8) is 0 Å². The highest BCUT2D eigenvalue weighted by atomic mass is 16.5.